The molecule has 0 radical (unpaired) electrons. The van der Waals surface area contributed by atoms with Crippen molar-refractivity contribution in [2.75, 3.05) is 5.75 Å². The summed E-state index contributed by atoms with van der Waals surface area (Å²) in [5.41, 5.74) is 0. The monoisotopic (exact) mass is 241 g/mol. The topological polar surface area (TPSA) is 67.2 Å². The van der Waals surface area contributed by atoms with Gasteiger partial charge in [0, 0.05) is 31.2 Å². The lowest BCUT2D eigenvalue weighted by molar-refractivity contribution is -0.138. The summed E-state index contributed by atoms with van der Waals surface area (Å²) < 4.78 is 1.89. The van der Waals surface area contributed by atoms with Gasteiger partial charge in [0.2, 0.25) is 0 Å². The summed E-state index contributed by atoms with van der Waals surface area (Å²) in [5.74, 6) is -0.273. The van der Waals surface area contributed by atoms with Gasteiger partial charge in [-0.2, -0.15) is 0 Å². The largest absolute Gasteiger partial charge is 0.480 e. The SMILES string of the molecule is Cn1ccnc1SCC(NC1CC1)C(=O)O. The molecule has 1 unspecified atom stereocenters. The van der Waals surface area contributed by atoms with E-state index in [1.807, 2.05) is 17.8 Å². The van der Waals surface area contributed by atoms with Gasteiger partial charge in [0.15, 0.2) is 5.16 Å². The van der Waals surface area contributed by atoms with Gasteiger partial charge < -0.3 is 15.0 Å². The second-order valence-corrected chi connectivity index (χ2v) is 4.95. The molecule has 0 aromatic carbocycles. The Morgan fingerprint density at radius 1 is 1.81 bits per heavy atom. The van der Waals surface area contributed by atoms with Crippen LogP contribution < -0.4 is 5.32 Å². The molecule has 16 heavy (non-hydrogen) atoms. The van der Waals surface area contributed by atoms with E-state index < -0.39 is 12.0 Å². The van der Waals surface area contributed by atoms with Crippen molar-refractivity contribution in [3.63, 3.8) is 0 Å². The minimum Gasteiger partial charge on any atom is -0.480 e. The maximum Gasteiger partial charge on any atom is 0.321 e. The molecule has 5 nitrogen and oxygen atoms in total. The van der Waals surface area contributed by atoms with Gasteiger partial charge in [-0.05, 0) is 12.8 Å². The van der Waals surface area contributed by atoms with Crippen molar-refractivity contribution in [2.45, 2.75) is 30.1 Å². The summed E-state index contributed by atoms with van der Waals surface area (Å²) in [6, 6.07) is -0.0720. The van der Waals surface area contributed by atoms with Crippen LogP contribution >= 0.6 is 11.8 Å². The molecular formula is C10H15N3O2S. The van der Waals surface area contributed by atoms with Crippen molar-refractivity contribution < 1.29 is 9.90 Å². The molecular weight excluding hydrogens is 226 g/mol. The summed E-state index contributed by atoms with van der Waals surface area (Å²) in [6.07, 6.45) is 5.76. The first-order valence-electron chi connectivity index (χ1n) is 5.26. The molecule has 1 aromatic rings. The van der Waals surface area contributed by atoms with Crippen molar-refractivity contribution in [1.82, 2.24) is 14.9 Å². The Hall–Kier alpha value is -1.01. The average Bonchev–Trinajstić information content (AvgIpc) is 2.96. The number of imidazole rings is 1. The number of hydrogen-bond donors (Lipinski definition) is 2. The van der Waals surface area contributed by atoms with Gasteiger partial charge in [0.25, 0.3) is 0 Å². The highest BCUT2D eigenvalue weighted by Crippen LogP contribution is 2.21. The molecule has 0 saturated heterocycles. The van der Waals surface area contributed by atoms with Crippen LogP contribution in [0.3, 0.4) is 0 Å². The fourth-order valence-electron chi connectivity index (χ4n) is 1.37. The predicted molar refractivity (Wildman–Crippen MR) is 61.5 cm³/mol. The van der Waals surface area contributed by atoms with Gasteiger partial charge in [-0.1, -0.05) is 11.8 Å². The van der Waals surface area contributed by atoms with Crippen LogP contribution in [0.25, 0.3) is 0 Å². The Morgan fingerprint density at radius 3 is 3.06 bits per heavy atom. The van der Waals surface area contributed by atoms with Crippen LogP contribution in [0.2, 0.25) is 0 Å². The molecule has 1 heterocycles. The number of thioether (sulfide) groups is 1. The van der Waals surface area contributed by atoms with Gasteiger partial charge in [0.1, 0.15) is 6.04 Å². The first-order valence-corrected chi connectivity index (χ1v) is 6.24. The zero-order valence-corrected chi connectivity index (χ0v) is 9.91. The van der Waals surface area contributed by atoms with Crippen molar-refractivity contribution >= 4 is 17.7 Å². The highest BCUT2D eigenvalue weighted by Gasteiger charge is 2.28. The summed E-state index contributed by atoms with van der Waals surface area (Å²) in [7, 11) is 1.90. The molecule has 0 spiro atoms. The molecule has 88 valence electrons. The van der Waals surface area contributed by atoms with E-state index in [0.717, 1.165) is 18.0 Å². The molecule has 1 aliphatic carbocycles. The van der Waals surface area contributed by atoms with Gasteiger partial charge in [-0.25, -0.2) is 4.98 Å². The number of nitrogens with one attached hydrogen (secondary N) is 1. The molecule has 6 heteroatoms. The quantitative estimate of drug-likeness (QED) is 0.718. The summed E-state index contributed by atoms with van der Waals surface area (Å²) in [6.45, 7) is 0. The van der Waals surface area contributed by atoms with E-state index in [1.54, 1.807) is 6.20 Å². The molecule has 0 amide bonds. The first kappa shape index (κ1) is 11.5. The average molecular weight is 241 g/mol. The zero-order valence-electron chi connectivity index (χ0n) is 9.09. The Kier molecular flexibility index (Phi) is 3.50. The Balaban J connectivity index is 1.85. The Morgan fingerprint density at radius 2 is 2.56 bits per heavy atom. The summed E-state index contributed by atoms with van der Waals surface area (Å²) >= 11 is 1.47. The number of carboxylic acid groups (broad SMARTS) is 1. The minimum absolute atomic E-state index is 0.406. The van der Waals surface area contributed by atoms with E-state index in [2.05, 4.69) is 10.3 Å². The van der Waals surface area contributed by atoms with Crippen LogP contribution in [0, 0.1) is 0 Å². The van der Waals surface area contributed by atoms with Crippen LogP contribution in [-0.4, -0.2) is 38.5 Å². The zero-order chi connectivity index (χ0) is 11.5. The van der Waals surface area contributed by atoms with Crippen LogP contribution in [0.4, 0.5) is 0 Å². The second kappa shape index (κ2) is 4.88. The molecule has 0 bridgehead atoms. The smallest absolute Gasteiger partial charge is 0.321 e. The van der Waals surface area contributed by atoms with Gasteiger partial charge in [-0.15, -0.1) is 0 Å². The summed E-state index contributed by atoms with van der Waals surface area (Å²) in [5, 5.41) is 13.0. The fraction of sp³-hybridized carbons (Fsp3) is 0.600. The molecule has 0 aliphatic heterocycles. The Bertz CT molecular complexity index is 376. The lowest BCUT2D eigenvalue weighted by Crippen LogP contribution is -2.40. The molecule has 1 aromatic heterocycles. The fourth-order valence-corrected chi connectivity index (χ4v) is 2.33. The summed E-state index contributed by atoms with van der Waals surface area (Å²) in [4.78, 5) is 15.2. The minimum atomic E-state index is -0.784. The van der Waals surface area contributed by atoms with Crippen molar-refractivity contribution in [3.05, 3.63) is 12.4 Å². The highest BCUT2D eigenvalue weighted by molar-refractivity contribution is 7.99. The van der Waals surface area contributed by atoms with Gasteiger partial charge >= 0.3 is 5.97 Å². The molecule has 2 N–H and O–H groups in total. The van der Waals surface area contributed by atoms with E-state index in [4.69, 9.17) is 5.11 Å². The standard InChI is InChI=1S/C10H15N3O2S/c1-13-5-4-11-10(13)16-6-8(9(14)15)12-7-2-3-7/h4-5,7-8,12H,2-3,6H2,1H3,(H,14,15). The predicted octanol–water partition coefficient (Wildman–Crippen LogP) is 0.717. The third-order valence-electron chi connectivity index (χ3n) is 2.47. The van der Waals surface area contributed by atoms with E-state index in [0.29, 0.717) is 11.8 Å². The number of aryl methyl sites for hydroxylation is 1. The number of aliphatic carboxylic acids is 1. The number of nitrogens with zero attached hydrogens (tertiary/aromatic N) is 2. The highest BCUT2D eigenvalue weighted by atomic mass is 32.2. The van der Waals surface area contributed by atoms with Crippen molar-refractivity contribution in [2.24, 2.45) is 7.05 Å². The molecule has 1 aliphatic rings. The van der Waals surface area contributed by atoms with Crippen molar-refractivity contribution in [3.8, 4) is 0 Å². The van der Waals surface area contributed by atoms with E-state index in [-0.39, 0.29) is 0 Å². The molecule has 1 fully saturated rings. The van der Waals surface area contributed by atoms with Gasteiger partial charge in [-0.3, -0.25) is 4.79 Å². The molecule has 2 rings (SSSR count). The number of carboxylic acids is 1. The van der Waals surface area contributed by atoms with Crippen LogP contribution in [0.5, 0.6) is 0 Å². The maximum absolute atomic E-state index is 11.0. The van der Waals surface area contributed by atoms with Crippen LogP contribution in [0.1, 0.15) is 12.8 Å². The lowest BCUT2D eigenvalue weighted by Gasteiger charge is -2.12. The van der Waals surface area contributed by atoms with Crippen LogP contribution in [0.15, 0.2) is 17.6 Å². The van der Waals surface area contributed by atoms with Crippen molar-refractivity contribution in [1.29, 1.82) is 0 Å². The number of hydrogen-bond acceptors (Lipinski definition) is 4. The number of rotatable bonds is 6. The second-order valence-electron chi connectivity index (χ2n) is 3.96. The number of aromatic nitrogens is 2. The third kappa shape index (κ3) is 2.99. The first-order chi connectivity index (χ1) is 7.66. The number of carbonyl (C=O) groups is 1. The molecule has 1 saturated carbocycles. The van der Waals surface area contributed by atoms with Gasteiger partial charge in [0.05, 0.1) is 0 Å². The Labute approximate surface area is 98.2 Å². The lowest BCUT2D eigenvalue weighted by atomic mass is 10.3. The van der Waals surface area contributed by atoms with E-state index in [1.165, 1.54) is 11.8 Å². The van der Waals surface area contributed by atoms with E-state index in [9.17, 15) is 4.79 Å². The normalized spacial score (nSPS) is 17.3. The third-order valence-corrected chi connectivity index (χ3v) is 3.62. The maximum atomic E-state index is 11.0. The van der Waals surface area contributed by atoms with Crippen LogP contribution in [-0.2, 0) is 11.8 Å². The molecule has 1 atom stereocenters. The van der Waals surface area contributed by atoms with E-state index >= 15 is 0 Å².